The van der Waals surface area contributed by atoms with Crippen molar-refractivity contribution in [1.82, 2.24) is 25.5 Å². The van der Waals surface area contributed by atoms with Crippen molar-refractivity contribution in [1.29, 1.82) is 0 Å². The summed E-state index contributed by atoms with van der Waals surface area (Å²) in [5.74, 6) is -2.86. The Kier molecular flexibility index (Phi) is 11.0. The Labute approximate surface area is 231 Å². The normalized spacial score (nSPS) is 16.9. The van der Waals surface area contributed by atoms with Gasteiger partial charge < -0.3 is 42.8 Å². The number of aromatic amines is 1. The van der Waals surface area contributed by atoms with Crippen LogP contribution in [0.15, 0.2) is 47.8 Å². The average Bonchev–Trinajstić information content (AvgIpc) is 3.62. The van der Waals surface area contributed by atoms with Gasteiger partial charge in [0.05, 0.1) is 12.4 Å². The molecule has 1 aromatic carbocycles. The molecule has 2 aromatic rings. The molecule has 216 valence electrons. The van der Waals surface area contributed by atoms with Crippen molar-refractivity contribution in [3.63, 3.8) is 0 Å². The zero-order chi connectivity index (χ0) is 29.1. The highest BCUT2D eigenvalue weighted by Gasteiger charge is 2.38. The van der Waals surface area contributed by atoms with Crippen LogP contribution in [-0.2, 0) is 32.0 Å². The van der Waals surface area contributed by atoms with Crippen LogP contribution in [0.3, 0.4) is 0 Å². The van der Waals surface area contributed by atoms with Gasteiger partial charge in [-0.05, 0) is 31.2 Å². The Balaban J connectivity index is 1.70. The van der Waals surface area contributed by atoms with E-state index in [0.29, 0.717) is 31.5 Å². The van der Waals surface area contributed by atoms with E-state index >= 15 is 0 Å². The Morgan fingerprint density at radius 2 is 1.88 bits per heavy atom. The first-order chi connectivity index (χ1) is 19.2. The van der Waals surface area contributed by atoms with E-state index in [-0.39, 0.29) is 37.7 Å². The molecule has 0 bridgehead atoms. The largest absolute Gasteiger partial charge is 0.480 e. The summed E-state index contributed by atoms with van der Waals surface area (Å²) in [4.78, 5) is 63.7. The standard InChI is InChI=1S/C26H37N9O5/c27-18(13-17-14-30-15-32-17)24(38)35-11-5-9-21(35)23(37)34-20(12-16-6-2-1-3-7-16)22(36)33-19(25(39)40)8-4-10-31-26(28)29/h1-3,6-7,14-15,18-21H,4-5,8-13,27H2,(H,30,32)(H,33,36)(H,34,37)(H,39,40)(H4,28,29,31). The Hall–Kier alpha value is -4.46. The zero-order valence-electron chi connectivity index (χ0n) is 22.2. The number of nitrogens with one attached hydrogen (secondary N) is 3. The third-order valence-corrected chi connectivity index (χ3v) is 6.63. The number of nitrogens with zero attached hydrogens (tertiary/aromatic N) is 3. The summed E-state index contributed by atoms with van der Waals surface area (Å²) in [5, 5.41) is 14.9. The van der Waals surface area contributed by atoms with E-state index < -0.39 is 42.0 Å². The molecule has 10 N–H and O–H groups in total. The lowest BCUT2D eigenvalue weighted by Crippen LogP contribution is -2.57. The monoisotopic (exact) mass is 555 g/mol. The first-order valence-electron chi connectivity index (χ1n) is 13.1. The summed E-state index contributed by atoms with van der Waals surface area (Å²) in [6, 6.07) is 5.07. The number of carboxylic acids is 1. The van der Waals surface area contributed by atoms with Crippen LogP contribution in [0.25, 0.3) is 0 Å². The van der Waals surface area contributed by atoms with Crippen LogP contribution in [0, 0.1) is 0 Å². The Morgan fingerprint density at radius 3 is 2.52 bits per heavy atom. The predicted octanol–water partition coefficient (Wildman–Crippen LogP) is -1.38. The van der Waals surface area contributed by atoms with Crippen molar-refractivity contribution >= 4 is 29.7 Å². The highest BCUT2D eigenvalue weighted by molar-refractivity contribution is 5.94. The summed E-state index contributed by atoms with van der Waals surface area (Å²) < 4.78 is 0. The molecule has 40 heavy (non-hydrogen) atoms. The van der Waals surface area contributed by atoms with Gasteiger partial charge in [0.25, 0.3) is 0 Å². The average molecular weight is 556 g/mol. The number of guanidine groups is 1. The number of amides is 3. The first kappa shape index (κ1) is 30.1. The lowest BCUT2D eigenvalue weighted by Gasteiger charge is -2.28. The molecule has 1 fully saturated rings. The number of benzene rings is 1. The van der Waals surface area contributed by atoms with Crippen LogP contribution in [0.1, 0.15) is 36.9 Å². The fourth-order valence-corrected chi connectivity index (χ4v) is 4.60. The van der Waals surface area contributed by atoms with Gasteiger partial charge in [-0.1, -0.05) is 30.3 Å². The van der Waals surface area contributed by atoms with E-state index in [1.165, 1.54) is 11.2 Å². The van der Waals surface area contributed by atoms with Gasteiger partial charge in [0.2, 0.25) is 17.7 Å². The van der Waals surface area contributed by atoms with Gasteiger partial charge in [-0.25, -0.2) is 9.78 Å². The number of likely N-dealkylation sites (tertiary alicyclic amines) is 1. The summed E-state index contributed by atoms with van der Waals surface area (Å²) in [6.07, 6.45) is 4.87. The molecule has 14 nitrogen and oxygen atoms in total. The molecule has 0 radical (unpaired) electrons. The van der Waals surface area contributed by atoms with Gasteiger partial charge in [0, 0.05) is 37.8 Å². The SMILES string of the molecule is NC(N)=NCCCC(NC(=O)C(Cc1ccccc1)NC(=O)C1CCCN1C(=O)C(N)Cc1cnc[nH]1)C(=O)O. The molecule has 4 atom stereocenters. The summed E-state index contributed by atoms with van der Waals surface area (Å²) in [7, 11) is 0. The number of carbonyl (C=O) groups is 4. The maximum Gasteiger partial charge on any atom is 0.326 e. The fourth-order valence-electron chi connectivity index (χ4n) is 4.60. The smallest absolute Gasteiger partial charge is 0.326 e. The van der Waals surface area contributed by atoms with Gasteiger partial charge in [-0.2, -0.15) is 0 Å². The molecular formula is C26H37N9O5. The quantitative estimate of drug-likeness (QED) is 0.0825. The van der Waals surface area contributed by atoms with Gasteiger partial charge in [0.15, 0.2) is 5.96 Å². The molecule has 0 saturated carbocycles. The molecule has 4 unspecified atom stereocenters. The van der Waals surface area contributed by atoms with Crippen molar-refractivity contribution in [3.8, 4) is 0 Å². The zero-order valence-corrected chi connectivity index (χ0v) is 22.2. The topological polar surface area (TPSA) is 235 Å². The Morgan fingerprint density at radius 1 is 1.12 bits per heavy atom. The number of imidazole rings is 1. The van der Waals surface area contributed by atoms with Gasteiger partial charge in [0.1, 0.15) is 18.1 Å². The Bertz CT molecular complexity index is 1170. The first-order valence-corrected chi connectivity index (χ1v) is 13.1. The van der Waals surface area contributed by atoms with Crippen LogP contribution >= 0.6 is 0 Å². The molecule has 3 rings (SSSR count). The second-order valence-electron chi connectivity index (χ2n) is 9.68. The van der Waals surface area contributed by atoms with Gasteiger partial charge in [-0.15, -0.1) is 0 Å². The van der Waals surface area contributed by atoms with Gasteiger partial charge in [-0.3, -0.25) is 19.4 Å². The number of carboxylic acid groups (broad SMARTS) is 1. The highest BCUT2D eigenvalue weighted by atomic mass is 16.4. The van der Waals surface area contributed by atoms with Crippen molar-refractivity contribution in [2.24, 2.45) is 22.2 Å². The second kappa shape index (κ2) is 14.6. The number of hydrogen-bond donors (Lipinski definition) is 7. The van der Waals surface area contributed by atoms with E-state index in [1.54, 1.807) is 30.5 Å². The maximum absolute atomic E-state index is 13.4. The lowest BCUT2D eigenvalue weighted by atomic mass is 10.0. The lowest BCUT2D eigenvalue weighted by molar-refractivity contribution is -0.143. The predicted molar refractivity (Wildman–Crippen MR) is 147 cm³/mol. The summed E-state index contributed by atoms with van der Waals surface area (Å²) >= 11 is 0. The third-order valence-electron chi connectivity index (χ3n) is 6.63. The number of nitrogens with two attached hydrogens (primary N) is 3. The third kappa shape index (κ3) is 8.80. The van der Waals surface area contributed by atoms with E-state index in [4.69, 9.17) is 17.2 Å². The number of aliphatic carboxylic acids is 1. The number of aliphatic imine (C=N–C) groups is 1. The molecule has 1 aliphatic rings. The van der Waals surface area contributed by atoms with Crippen molar-refractivity contribution in [2.75, 3.05) is 13.1 Å². The minimum Gasteiger partial charge on any atom is -0.480 e. The van der Waals surface area contributed by atoms with Crippen LogP contribution in [0.2, 0.25) is 0 Å². The van der Waals surface area contributed by atoms with E-state index in [9.17, 15) is 24.3 Å². The van der Waals surface area contributed by atoms with Crippen LogP contribution in [0.4, 0.5) is 0 Å². The second-order valence-corrected chi connectivity index (χ2v) is 9.68. The number of aromatic nitrogens is 2. The van der Waals surface area contributed by atoms with Crippen LogP contribution in [0.5, 0.6) is 0 Å². The van der Waals surface area contributed by atoms with E-state index in [0.717, 1.165) is 5.56 Å². The molecule has 1 saturated heterocycles. The molecule has 0 aliphatic carbocycles. The molecule has 1 aliphatic heterocycles. The number of H-pyrrole nitrogens is 1. The van der Waals surface area contributed by atoms with E-state index in [1.807, 2.05) is 6.07 Å². The van der Waals surface area contributed by atoms with Crippen molar-refractivity contribution in [3.05, 3.63) is 54.1 Å². The summed E-state index contributed by atoms with van der Waals surface area (Å²) in [5.41, 5.74) is 18.2. The molecule has 1 aromatic heterocycles. The number of hydrogen-bond acceptors (Lipinski definition) is 7. The minimum absolute atomic E-state index is 0.0863. The van der Waals surface area contributed by atoms with Gasteiger partial charge >= 0.3 is 5.97 Å². The molecule has 2 heterocycles. The number of carbonyl (C=O) groups excluding carboxylic acids is 3. The fraction of sp³-hybridized carbons (Fsp3) is 0.462. The molecular weight excluding hydrogens is 518 g/mol. The summed E-state index contributed by atoms with van der Waals surface area (Å²) in [6.45, 7) is 0.570. The van der Waals surface area contributed by atoms with Crippen molar-refractivity contribution in [2.45, 2.75) is 62.7 Å². The highest BCUT2D eigenvalue weighted by Crippen LogP contribution is 2.19. The molecule has 0 spiro atoms. The van der Waals surface area contributed by atoms with E-state index in [2.05, 4.69) is 25.6 Å². The van der Waals surface area contributed by atoms with Crippen LogP contribution < -0.4 is 27.8 Å². The minimum atomic E-state index is -1.22. The van der Waals surface area contributed by atoms with Crippen LogP contribution in [-0.4, -0.2) is 86.9 Å². The maximum atomic E-state index is 13.4. The van der Waals surface area contributed by atoms with Crippen molar-refractivity contribution < 1.29 is 24.3 Å². The molecule has 14 heteroatoms. The number of rotatable bonds is 14. The molecule has 3 amide bonds.